The number of nitrogens with two attached hydrogens (primary N) is 1. The second-order valence-corrected chi connectivity index (χ2v) is 7.53. The van der Waals surface area contributed by atoms with Gasteiger partial charge in [0.05, 0.1) is 5.25 Å². The van der Waals surface area contributed by atoms with Crippen molar-refractivity contribution in [2.24, 2.45) is 17.6 Å². The first-order chi connectivity index (χ1) is 8.74. The van der Waals surface area contributed by atoms with Crippen LogP contribution in [0, 0.1) is 11.8 Å². The maximum atomic E-state index is 12.3. The summed E-state index contributed by atoms with van der Waals surface area (Å²) in [5, 5.41) is 3.59. The maximum absolute atomic E-state index is 12.3. The fraction of sp³-hybridized carbons (Fsp3) is 0.929. The molecule has 110 valence electrons. The van der Waals surface area contributed by atoms with Gasteiger partial charge >= 0.3 is 0 Å². The number of thioether (sulfide) groups is 1. The molecule has 3 atom stereocenters. The minimum Gasteiger partial charge on any atom is -0.352 e. The van der Waals surface area contributed by atoms with E-state index in [9.17, 15) is 4.79 Å². The monoisotopic (exact) mass is 304 g/mol. The van der Waals surface area contributed by atoms with Crippen LogP contribution in [-0.2, 0) is 4.79 Å². The number of fused-ring (bicyclic) bond motifs is 2. The van der Waals surface area contributed by atoms with Crippen molar-refractivity contribution in [3.05, 3.63) is 0 Å². The van der Waals surface area contributed by atoms with Gasteiger partial charge in [-0.25, -0.2) is 0 Å². The summed E-state index contributed by atoms with van der Waals surface area (Å²) in [4.78, 5) is 12.3. The average Bonchev–Trinajstić information content (AvgIpc) is 2.83. The predicted octanol–water partition coefficient (Wildman–Crippen LogP) is 2.33. The van der Waals surface area contributed by atoms with Crippen molar-refractivity contribution < 1.29 is 4.79 Å². The molecule has 1 aliphatic heterocycles. The van der Waals surface area contributed by atoms with Gasteiger partial charge in [0.1, 0.15) is 0 Å². The van der Waals surface area contributed by atoms with Crippen LogP contribution in [-0.4, -0.2) is 29.0 Å². The zero-order valence-electron chi connectivity index (χ0n) is 11.3. The predicted molar refractivity (Wildman–Crippen MR) is 82.7 cm³/mol. The van der Waals surface area contributed by atoms with E-state index in [1.165, 1.54) is 25.7 Å². The SMILES string of the molecule is Cl.NC1CC2CCCC(C1)C2NC(=O)C1CCCS1. The average molecular weight is 305 g/mol. The van der Waals surface area contributed by atoms with Gasteiger partial charge in [0, 0.05) is 12.1 Å². The molecule has 3 nitrogen and oxygen atoms in total. The summed E-state index contributed by atoms with van der Waals surface area (Å²) < 4.78 is 0. The first-order valence-corrected chi connectivity index (χ1v) is 8.46. The zero-order chi connectivity index (χ0) is 12.5. The van der Waals surface area contributed by atoms with E-state index < -0.39 is 0 Å². The molecule has 1 amide bonds. The van der Waals surface area contributed by atoms with E-state index in [0.717, 1.165) is 25.0 Å². The van der Waals surface area contributed by atoms with Gasteiger partial charge < -0.3 is 11.1 Å². The summed E-state index contributed by atoms with van der Waals surface area (Å²) in [5.74, 6) is 2.74. The van der Waals surface area contributed by atoms with Crippen molar-refractivity contribution in [1.82, 2.24) is 5.32 Å². The van der Waals surface area contributed by atoms with Gasteiger partial charge in [-0.1, -0.05) is 6.42 Å². The van der Waals surface area contributed by atoms with Crippen molar-refractivity contribution in [3.63, 3.8) is 0 Å². The number of nitrogens with one attached hydrogen (secondary N) is 1. The lowest BCUT2D eigenvalue weighted by Crippen LogP contribution is -2.55. The molecule has 3 N–H and O–H groups in total. The fourth-order valence-electron chi connectivity index (χ4n) is 4.07. The van der Waals surface area contributed by atoms with Crippen LogP contribution in [0.3, 0.4) is 0 Å². The van der Waals surface area contributed by atoms with E-state index in [0.29, 0.717) is 29.8 Å². The summed E-state index contributed by atoms with van der Waals surface area (Å²) in [6, 6.07) is 0.793. The molecule has 3 aliphatic rings. The molecule has 2 aliphatic carbocycles. The Balaban J connectivity index is 0.00000133. The minimum atomic E-state index is 0. The standard InChI is InChI=1S/C14H24N2OS.ClH/c15-11-7-9-3-1-4-10(8-11)13(9)16-14(17)12-5-2-6-18-12;/h9-13H,1-8,15H2,(H,16,17);1H. The van der Waals surface area contributed by atoms with Gasteiger partial charge in [0.2, 0.25) is 5.91 Å². The molecular weight excluding hydrogens is 280 g/mol. The summed E-state index contributed by atoms with van der Waals surface area (Å²) >= 11 is 1.83. The van der Waals surface area contributed by atoms with Gasteiger partial charge in [-0.3, -0.25) is 4.79 Å². The third-order valence-electron chi connectivity index (χ3n) is 4.91. The number of hydrogen-bond donors (Lipinski definition) is 2. The van der Waals surface area contributed by atoms with Crippen LogP contribution < -0.4 is 11.1 Å². The first-order valence-electron chi connectivity index (χ1n) is 7.41. The Morgan fingerprint density at radius 2 is 1.79 bits per heavy atom. The molecule has 0 radical (unpaired) electrons. The van der Waals surface area contributed by atoms with E-state index in [4.69, 9.17) is 5.73 Å². The molecule has 0 aromatic carbocycles. The normalized spacial score (nSPS) is 41.4. The van der Waals surface area contributed by atoms with Crippen molar-refractivity contribution in [2.75, 3.05) is 5.75 Å². The van der Waals surface area contributed by atoms with E-state index >= 15 is 0 Å². The molecule has 0 aromatic heterocycles. The Kier molecular flexibility index (Phi) is 5.44. The molecule has 1 saturated heterocycles. The van der Waals surface area contributed by atoms with Crippen molar-refractivity contribution in [1.29, 1.82) is 0 Å². The summed E-state index contributed by atoms with van der Waals surface area (Å²) in [6.07, 6.45) is 8.33. The van der Waals surface area contributed by atoms with Gasteiger partial charge in [-0.15, -0.1) is 24.2 Å². The lowest BCUT2D eigenvalue weighted by Gasteiger charge is -2.45. The van der Waals surface area contributed by atoms with Gasteiger partial charge in [-0.2, -0.15) is 0 Å². The second-order valence-electron chi connectivity index (χ2n) is 6.22. The van der Waals surface area contributed by atoms with E-state index in [1.807, 2.05) is 11.8 Å². The van der Waals surface area contributed by atoms with Crippen LogP contribution in [0.15, 0.2) is 0 Å². The quantitative estimate of drug-likeness (QED) is 0.823. The number of rotatable bonds is 2. The Morgan fingerprint density at radius 1 is 1.11 bits per heavy atom. The fourth-order valence-corrected chi connectivity index (χ4v) is 5.24. The number of carbonyl (C=O) groups excluding carboxylic acids is 1. The molecule has 1 heterocycles. The minimum absolute atomic E-state index is 0. The molecular formula is C14H25ClN2OS. The van der Waals surface area contributed by atoms with Crippen molar-refractivity contribution >= 4 is 30.1 Å². The van der Waals surface area contributed by atoms with Crippen LogP contribution in [0.1, 0.15) is 44.9 Å². The third kappa shape index (κ3) is 3.40. The molecule has 3 rings (SSSR count). The van der Waals surface area contributed by atoms with Gasteiger partial charge in [-0.05, 0) is 56.1 Å². The van der Waals surface area contributed by atoms with Crippen molar-refractivity contribution in [3.8, 4) is 0 Å². The highest BCUT2D eigenvalue weighted by Gasteiger charge is 2.40. The maximum Gasteiger partial charge on any atom is 0.233 e. The van der Waals surface area contributed by atoms with Gasteiger partial charge in [0.25, 0.3) is 0 Å². The second kappa shape index (κ2) is 6.68. The highest BCUT2D eigenvalue weighted by molar-refractivity contribution is 8.00. The topological polar surface area (TPSA) is 55.1 Å². The Hall–Kier alpha value is 0.0700. The van der Waals surface area contributed by atoms with E-state index in [2.05, 4.69) is 5.32 Å². The molecule has 19 heavy (non-hydrogen) atoms. The molecule has 0 aromatic rings. The highest BCUT2D eigenvalue weighted by atomic mass is 35.5. The van der Waals surface area contributed by atoms with Crippen LogP contribution in [0.2, 0.25) is 0 Å². The van der Waals surface area contributed by atoms with E-state index in [1.54, 1.807) is 0 Å². The van der Waals surface area contributed by atoms with Crippen LogP contribution in [0.4, 0.5) is 0 Å². The largest absolute Gasteiger partial charge is 0.352 e. The Labute approximate surface area is 126 Å². The number of hydrogen-bond acceptors (Lipinski definition) is 3. The number of carbonyl (C=O) groups is 1. The lowest BCUT2D eigenvalue weighted by molar-refractivity contribution is -0.122. The van der Waals surface area contributed by atoms with E-state index in [-0.39, 0.29) is 17.7 Å². The summed E-state index contributed by atoms with van der Waals surface area (Å²) in [5.41, 5.74) is 6.12. The van der Waals surface area contributed by atoms with Crippen LogP contribution in [0.5, 0.6) is 0 Å². The molecule has 3 fully saturated rings. The Bertz CT molecular complexity index is 309. The summed E-state index contributed by atoms with van der Waals surface area (Å²) in [7, 11) is 0. The smallest absolute Gasteiger partial charge is 0.233 e. The molecule has 3 unspecified atom stereocenters. The Morgan fingerprint density at radius 3 is 2.37 bits per heavy atom. The first kappa shape index (κ1) is 15.5. The summed E-state index contributed by atoms with van der Waals surface area (Å²) in [6.45, 7) is 0. The molecule has 0 spiro atoms. The lowest BCUT2D eigenvalue weighted by atomic mass is 9.67. The zero-order valence-corrected chi connectivity index (χ0v) is 13.0. The highest BCUT2D eigenvalue weighted by Crippen LogP contribution is 2.40. The third-order valence-corrected chi connectivity index (χ3v) is 6.28. The van der Waals surface area contributed by atoms with Crippen LogP contribution >= 0.6 is 24.2 Å². The van der Waals surface area contributed by atoms with Crippen molar-refractivity contribution in [2.45, 2.75) is 62.3 Å². The molecule has 2 saturated carbocycles. The number of amides is 1. The number of halogens is 1. The van der Waals surface area contributed by atoms with Gasteiger partial charge in [0.15, 0.2) is 0 Å². The van der Waals surface area contributed by atoms with Crippen LogP contribution in [0.25, 0.3) is 0 Å². The molecule has 2 bridgehead atoms. The molecule has 5 heteroatoms.